The molecule has 6 bridgehead atoms. The summed E-state index contributed by atoms with van der Waals surface area (Å²) in [4.78, 5) is 31.5. The molecule has 3 aliphatic heterocycles. The Morgan fingerprint density at radius 2 is 1.47 bits per heavy atom. The van der Waals surface area contributed by atoms with E-state index in [1.54, 1.807) is 0 Å². The van der Waals surface area contributed by atoms with Crippen molar-refractivity contribution < 1.29 is 9.59 Å². The maximum absolute atomic E-state index is 14.0. The van der Waals surface area contributed by atoms with Crippen LogP contribution in [0.15, 0.2) is 0 Å². The first-order valence-corrected chi connectivity index (χ1v) is 13.3. The van der Waals surface area contributed by atoms with Crippen LogP contribution in [0.5, 0.6) is 0 Å². The molecule has 0 aromatic rings. The number of fused-ring (bicyclic) bond motifs is 3. The predicted octanol–water partition coefficient (Wildman–Crippen LogP) is 2.81. The van der Waals surface area contributed by atoms with Crippen LogP contribution in [-0.4, -0.2) is 51.8 Å². The second-order valence-electron chi connectivity index (χ2n) is 12.7. The molecule has 8 rings (SSSR count). The Hall–Kier alpha value is -1.61. The van der Waals surface area contributed by atoms with Crippen molar-refractivity contribution in [2.45, 2.75) is 107 Å². The molecule has 5 aliphatic carbocycles. The summed E-state index contributed by atoms with van der Waals surface area (Å²) in [6, 6.07) is 2.30. The molecule has 172 valence electrons. The number of rotatable bonds is 3. The number of nitrogens with zero attached hydrogens (tertiary/aromatic N) is 3. The number of piperidine rings is 2. The predicted molar refractivity (Wildman–Crippen MR) is 118 cm³/mol. The second kappa shape index (κ2) is 6.72. The van der Waals surface area contributed by atoms with Crippen molar-refractivity contribution in [2.24, 2.45) is 40.7 Å². The highest BCUT2D eigenvalue weighted by Crippen LogP contribution is 2.61. The summed E-state index contributed by atoms with van der Waals surface area (Å²) in [5, 5.41) is 9.49. The molecule has 0 aromatic heterocycles. The molecule has 2 N–H and O–H groups in total. The molecular weight excluding hydrogens is 400 g/mol. The Bertz CT molecular complexity index is 845. The fraction of sp³-hybridized carbons (Fsp3) is 0.885. The zero-order chi connectivity index (χ0) is 21.8. The summed E-state index contributed by atoms with van der Waals surface area (Å²) in [5.74, 6) is 3.46. The lowest BCUT2D eigenvalue weighted by Crippen LogP contribution is -2.60. The van der Waals surface area contributed by atoms with Gasteiger partial charge in [0.25, 0.3) is 0 Å². The zero-order valence-corrected chi connectivity index (χ0v) is 19.0. The van der Waals surface area contributed by atoms with Crippen LogP contribution < -0.4 is 5.73 Å². The topological polar surface area (TPSA) is 90.4 Å². The van der Waals surface area contributed by atoms with Gasteiger partial charge < -0.3 is 15.5 Å². The van der Waals surface area contributed by atoms with Gasteiger partial charge in [-0.25, -0.2) is 0 Å². The zero-order valence-electron chi connectivity index (χ0n) is 19.0. The van der Waals surface area contributed by atoms with Crippen LogP contribution in [0, 0.1) is 46.3 Å². The third kappa shape index (κ3) is 2.73. The molecule has 3 saturated heterocycles. The van der Waals surface area contributed by atoms with Gasteiger partial charge in [-0.05, 0) is 107 Å². The molecule has 32 heavy (non-hydrogen) atoms. The van der Waals surface area contributed by atoms with Gasteiger partial charge in [0.15, 0.2) is 0 Å². The first-order valence-electron chi connectivity index (χ1n) is 13.3. The Balaban J connectivity index is 1.07. The normalized spacial score (nSPS) is 50.8. The maximum atomic E-state index is 14.0. The first-order chi connectivity index (χ1) is 15.5. The van der Waals surface area contributed by atoms with E-state index in [-0.39, 0.29) is 41.4 Å². The van der Waals surface area contributed by atoms with Gasteiger partial charge in [0.05, 0.1) is 17.5 Å². The quantitative estimate of drug-likeness (QED) is 0.737. The van der Waals surface area contributed by atoms with Gasteiger partial charge in [-0.2, -0.15) is 5.26 Å². The number of carbonyl (C=O) groups excluding carboxylic acids is 2. The summed E-state index contributed by atoms with van der Waals surface area (Å²) < 4.78 is 0. The van der Waals surface area contributed by atoms with E-state index in [0.29, 0.717) is 11.8 Å². The van der Waals surface area contributed by atoms with Crippen molar-refractivity contribution in [1.82, 2.24) is 9.80 Å². The summed E-state index contributed by atoms with van der Waals surface area (Å²) >= 11 is 0. The van der Waals surface area contributed by atoms with Crippen molar-refractivity contribution in [1.29, 1.82) is 5.26 Å². The van der Waals surface area contributed by atoms with Gasteiger partial charge in [0, 0.05) is 18.1 Å². The van der Waals surface area contributed by atoms with Gasteiger partial charge in [-0.1, -0.05) is 0 Å². The van der Waals surface area contributed by atoms with E-state index in [0.717, 1.165) is 75.5 Å². The largest absolute Gasteiger partial charge is 0.336 e. The van der Waals surface area contributed by atoms with E-state index in [9.17, 15) is 14.9 Å². The van der Waals surface area contributed by atoms with Crippen molar-refractivity contribution >= 4 is 11.8 Å². The van der Waals surface area contributed by atoms with Crippen LogP contribution >= 0.6 is 0 Å². The lowest BCUT2D eigenvalue weighted by atomic mass is 9.49. The molecule has 0 radical (unpaired) electrons. The number of carbonyl (C=O) groups is 2. The summed E-state index contributed by atoms with van der Waals surface area (Å²) in [7, 11) is 0. The molecule has 2 unspecified atom stereocenters. The van der Waals surface area contributed by atoms with Crippen molar-refractivity contribution in [3.63, 3.8) is 0 Å². The van der Waals surface area contributed by atoms with Crippen LogP contribution in [0.2, 0.25) is 0 Å². The second-order valence-corrected chi connectivity index (χ2v) is 12.7. The molecule has 6 heteroatoms. The smallest absolute Gasteiger partial charge is 0.241 e. The average molecular weight is 437 g/mol. The number of nitrogens with two attached hydrogens (primary N) is 1. The van der Waals surface area contributed by atoms with Gasteiger partial charge >= 0.3 is 0 Å². The molecular formula is C26H36N4O2. The van der Waals surface area contributed by atoms with Gasteiger partial charge in [0.2, 0.25) is 11.8 Å². The van der Waals surface area contributed by atoms with Crippen LogP contribution in [-0.2, 0) is 9.59 Å². The van der Waals surface area contributed by atoms with Crippen molar-refractivity contribution in [2.75, 3.05) is 0 Å². The maximum Gasteiger partial charge on any atom is 0.241 e. The molecule has 3 heterocycles. The number of nitriles is 1. The van der Waals surface area contributed by atoms with E-state index in [2.05, 4.69) is 11.0 Å². The molecule has 8 aliphatic rings. The standard InChI is InChI=1S/C26H36N4O2/c27-13-21-6-17-9-22(17)30(21)24(31)23(28)18-7-19-1-2-20(8-18)29(19)25(32)26-10-14-3-15(11-26)5-16(4-14)12-26/h14-23H,1-12,28H2/t14?,15?,16?,17-,18?,19?,20?,21+,22+,23+,26?/m1/s1. The van der Waals surface area contributed by atoms with Crippen LogP contribution in [0.1, 0.15) is 77.0 Å². The molecule has 6 atom stereocenters. The minimum atomic E-state index is -0.523. The highest BCUT2D eigenvalue weighted by Gasteiger charge is 2.59. The summed E-state index contributed by atoms with van der Waals surface area (Å²) in [5.41, 5.74) is 6.51. The fourth-order valence-corrected chi connectivity index (χ4v) is 9.75. The number of likely N-dealkylation sites (tertiary alicyclic amines) is 1. The lowest BCUT2D eigenvalue weighted by molar-refractivity contribution is -0.163. The van der Waals surface area contributed by atoms with Gasteiger partial charge in [-0.15, -0.1) is 0 Å². The third-order valence-corrected chi connectivity index (χ3v) is 10.8. The lowest BCUT2D eigenvalue weighted by Gasteiger charge is -2.57. The highest BCUT2D eigenvalue weighted by atomic mass is 16.2. The van der Waals surface area contributed by atoms with Crippen LogP contribution in [0.4, 0.5) is 0 Å². The summed E-state index contributed by atoms with van der Waals surface area (Å²) in [6.45, 7) is 0. The first kappa shape index (κ1) is 19.8. The van der Waals surface area contributed by atoms with Crippen LogP contribution in [0.3, 0.4) is 0 Å². The minimum absolute atomic E-state index is 0.00758. The number of hydrogen-bond acceptors (Lipinski definition) is 4. The Labute approximate surface area is 190 Å². The SMILES string of the molecule is N#C[C@@H]1C[C@@H]2C[C@@H]2N1C(=O)[C@@H](N)C1CC2CCC(C1)N2C(=O)C12CC3CC(CC(C3)C1)C2. The molecule has 6 nitrogen and oxygen atoms in total. The van der Waals surface area contributed by atoms with Crippen molar-refractivity contribution in [3.05, 3.63) is 0 Å². The average Bonchev–Trinajstić information content (AvgIpc) is 3.36. The van der Waals surface area contributed by atoms with E-state index in [4.69, 9.17) is 5.73 Å². The van der Waals surface area contributed by atoms with Gasteiger partial charge in [-0.3, -0.25) is 9.59 Å². The Morgan fingerprint density at radius 1 is 0.875 bits per heavy atom. The molecule has 0 spiro atoms. The van der Waals surface area contributed by atoms with Crippen LogP contribution in [0.25, 0.3) is 0 Å². The van der Waals surface area contributed by atoms with E-state index >= 15 is 0 Å². The Morgan fingerprint density at radius 3 is 2.03 bits per heavy atom. The minimum Gasteiger partial charge on any atom is -0.336 e. The van der Waals surface area contributed by atoms with E-state index < -0.39 is 6.04 Å². The van der Waals surface area contributed by atoms with Gasteiger partial charge in [0.1, 0.15) is 6.04 Å². The molecule has 0 aromatic carbocycles. The molecule has 5 saturated carbocycles. The fourth-order valence-electron chi connectivity index (χ4n) is 9.75. The van der Waals surface area contributed by atoms with E-state index in [1.807, 2.05) is 4.90 Å². The third-order valence-electron chi connectivity index (χ3n) is 10.8. The van der Waals surface area contributed by atoms with E-state index in [1.165, 1.54) is 19.3 Å². The molecule has 2 amide bonds. The number of amides is 2. The monoisotopic (exact) mass is 436 g/mol. The highest BCUT2D eigenvalue weighted by molar-refractivity contribution is 5.85. The Kier molecular flexibility index (Phi) is 4.16. The summed E-state index contributed by atoms with van der Waals surface area (Å²) in [6.07, 6.45) is 13.2. The molecule has 8 fully saturated rings. The number of hydrogen-bond donors (Lipinski definition) is 1. The van der Waals surface area contributed by atoms with Crippen molar-refractivity contribution in [3.8, 4) is 6.07 Å².